The third-order valence-electron chi connectivity index (χ3n) is 5.86. The van der Waals surface area contributed by atoms with Crippen LogP contribution in [0.5, 0.6) is 0 Å². The molecule has 1 fully saturated rings. The number of ketones is 1. The van der Waals surface area contributed by atoms with E-state index in [2.05, 4.69) is 5.32 Å². The van der Waals surface area contributed by atoms with Gasteiger partial charge in [0.05, 0.1) is 6.10 Å². The summed E-state index contributed by atoms with van der Waals surface area (Å²) in [5, 5.41) is 12.2. The van der Waals surface area contributed by atoms with Crippen LogP contribution in [0.4, 0.5) is 0 Å². The molecule has 1 saturated heterocycles. The Hall–Kier alpha value is -1.88. The summed E-state index contributed by atoms with van der Waals surface area (Å²) in [6.45, 7) is 2.62. The van der Waals surface area contributed by atoms with Crippen LogP contribution in [0.25, 0.3) is 0 Å². The molecule has 10 heteroatoms. The van der Waals surface area contributed by atoms with Crippen LogP contribution >= 0.6 is 0 Å². The van der Waals surface area contributed by atoms with Crippen molar-refractivity contribution in [2.24, 2.45) is 17.2 Å². The highest BCUT2D eigenvalue weighted by Crippen LogP contribution is 2.31. The molecule has 0 unspecified atom stereocenters. The first-order valence-electron chi connectivity index (χ1n) is 11.2. The molecule has 0 aromatic rings. The lowest BCUT2D eigenvalue weighted by Crippen LogP contribution is -2.61. The fraction of sp³-hybridized carbons (Fsp3) is 0.810. The molecular formula is C21H39N5O5. The molecule has 8 N–H and O–H groups in total. The number of Topliss-reactive ketones (excluding diaryl/α,β-unsaturated/α-hetero) is 1. The van der Waals surface area contributed by atoms with E-state index in [9.17, 15) is 24.3 Å². The van der Waals surface area contributed by atoms with Crippen LogP contribution in [-0.2, 0) is 19.2 Å². The molecule has 0 saturated carbocycles. The smallest absolute Gasteiger partial charge is 0.246 e. The number of rotatable bonds is 15. The van der Waals surface area contributed by atoms with Crippen molar-refractivity contribution in [1.29, 1.82) is 0 Å². The van der Waals surface area contributed by atoms with E-state index in [4.69, 9.17) is 17.2 Å². The number of hydrogen-bond acceptors (Lipinski definition) is 8. The van der Waals surface area contributed by atoms with E-state index in [1.165, 1.54) is 11.8 Å². The maximum Gasteiger partial charge on any atom is 0.246 e. The number of aliphatic hydroxyl groups is 1. The second kappa shape index (κ2) is 13.5. The molecule has 0 spiro atoms. The summed E-state index contributed by atoms with van der Waals surface area (Å²) < 4.78 is 0. The van der Waals surface area contributed by atoms with E-state index in [1.807, 2.05) is 0 Å². The van der Waals surface area contributed by atoms with E-state index >= 15 is 0 Å². The van der Waals surface area contributed by atoms with Crippen molar-refractivity contribution in [3.8, 4) is 0 Å². The molecule has 0 radical (unpaired) electrons. The van der Waals surface area contributed by atoms with Gasteiger partial charge in [0.15, 0.2) is 17.6 Å². The van der Waals surface area contributed by atoms with E-state index in [-0.39, 0.29) is 25.2 Å². The zero-order valence-corrected chi connectivity index (χ0v) is 18.6. The molecule has 2 amide bonds. The van der Waals surface area contributed by atoms with Gasteiger partial charge < -0.3 is 37.3 Å². The minimum absolute atomic E-state index is 0.194. The highest BCUT2D eigenvalue weighted by atomic mass is 16.3. The predicted octanol–water partition coefficient (Wildman–Crippen LogP) is -1.04. The predicted molar refractivity (Wildman–Crippen MR) is 117 cm³/mol. The number of unbranched alkanes of at least 4 members (excludes halogenated alkanes) is 3. The zero-order valence-electron chi connectivity index (χ0n) is 18.6. The number of nitrogens with two attached hydrogens (primary N) is 3. The van der Waals surface area contributed by atoms with Crippen molar-refractivity contribution in [1.82, 2.24) is 10.2 Å². The third kappa shape index (κ3) is 7.34. The van der Waals surface area contributed by atoms with Gasteiger partial charge in [-0.15, -0.1) is 0 Å². The van der Waals surface area contributed by atoms with E-state index < -0.39 is 35.5 Å². The second-order valence-corrected chi connectivity index (χ2v) is 8.27. The van der Waals surface area contributed by atoms with E-state index in [0.29, 0.717) is 51.5 Å². The Morgan fingerprint density at radius 1 is 1.13 bits per heavy atom. The lowest BCUT2D eigenvalue weighted by Gasteiger charge is -2.35. The average Bonchev–Trinajstić information content (AvgIpc) is 3.20. The number of carbonyl (C=O) groups excluding carboxylic acids is 4. The SMILES string of the molecule is C[C@@H](O)[C@H](N)C(=O)N[C@@H](CCCCN)C(=O)N1CCC[C@]1(C=O)C(=O)CCCCCN. The Balaban J connectivity index is 3.01. The molecule has 31 heavy (non-hydrogen) atoms. The summed E-state index contributed by atoms with van der Waals surface area (Å²) in [5.41, 5.74) is 15.2. The topological polar surface area (TPSA) is 182 Å². The molecule has 178 valence electrons. The molecule has 0 bridgehead atoms. The van der Waals surface area contributed by atoms with Crippen LogP contribution in [-0.4, -0.2) is 77.3 Å². The van der Waals surface area contributed by atoms with Gasteiger partial charge in [0, 0.05) is 13.0 Å². The standard InChI is InChI=1S/C21H39N5O5/c1-15(28)18(24)19(30)25-16(8-4-6-12-23)20(31)26-13-7-10-21(26,14-27)17(29)9-3-2-5-11-22/h14-16,18,28H,2-13,22-24H2,1H3,(H,25,30)/t15-,16+,18+,21+/m1/s1. The van der Waals surface area contributed by atoms with E-state index in [1.54, 1.807) is 0 Å². The molecule has 1 rings (SSSR count). The fourth-order valence-electron chi connectivity index (χ4n) is 3.87. The summed E-state index contributed by atoms with van der Waals surface area (Å²) in [7, 11) is 0. The number of aliphatic hydroxyl groups excluding tert-OH is 1. The highest BCUT2D eigenvalue weighted by molar-refractivity contribution is 6.07. The summed E-state index contributed by atoms with van der Waals surface area (Å²) in [6.07, 6.45) is 4.18. The number of hydrogen-bond donors (Lipinski definition) is 5. The maximum absolute atomic E-state index is 13.4. The first-order valence-corrected chi connectivity index (χ1v) is 11.2. The summed E-state index contributed by atoms with van der Waals surface area (Å²) in [6, 6.07) is -2.14. The van der Waals surface area contributed by atoms with Crippen molar-refractivity contribution >= 4 is 23.9 Å². The number of likely N-dealkylation sites (tertiary alicyclic amines) is 1. The minimum atomic E-state index is -1.50. The Labute approximate surface area is 184 Å². The molecule has 1 aliphatic heterocycles. The lowest BCUT2D eigenvalue weighted by molar-refractivity contribution is -0.149. The number of aldehydes is 1. The van der Waals surface area contributed by atoms with Crippen LogP contribution in [0.2, 0.25) is 0 Å². The van der Waals surface area contributed by atoms with Crippen molar-refractivity contribution in [3.63, 3.8) is 0 Å². The van der Waals surface area contributed by atoms with Gasteiger partial charge >= 0.3 is 0 Å². The molecule has 4 atom stereocenters. The van der Waals surface area contributed by atoms with Gasteiger partial charge in [0.1, 0.15) is 12.1 Å². The van der Waals surface area contributed by atoms with Gasteiger partial charge in [-0.3, -0.25) is 14.4 Å². The number of carbonyl (C=O) groups is 4. The van der Waals surface area contributed by atoms with Gasteiger partial charge in [0.25, 0.3) is 0 Å². The average molecular weight is 442 g/mol. The van der Waals surface area contributed by atoms with E-state index in [0.717, 1.165) is 12.8 Å². The Bertz CT molecular complexity index is 615. The first kappa shape index (κ1) is 27.2. The Morgan fingerprint density at radius 2 is 1.77 bits per heavy atom. The van der Waals surface area contributed by atoms with Crippen LogP contribution in [0, 0.1) is 0 Å². The van der Waals surface area contributed by atoms with Gasteiger partial charge in [-0.05, 0) is 65.0 Å². The molecular weight excluding hydrogens is 402 g/mol. The van der Waals surface area contributed by atoms with Crippen LogP contribution in [0.15, 0.2) is 0 Å². The largest absolute Gasteiger partial charge is 0.391 e. The second-order valence-electron chi connectivity index (χ2n) is 8.27. The Morgan fingerprint density at radius 3 is 2.35 bits per heavy atom. The fourth-order valence-corrected chi connectivity index (χ4v) is 3.87. The zero-order chi connectivity index (χ0) is 23.4. The number of nitrogens with zero attached hydrogens (tertiary/aromatic N) is 1. The molecule has 0 aromatic heterocycles. The maximum atomic E-state index is 13.4. The van der Waals surface area contributed by atoms with Crippen molar-refractivity contribution in [3.05, 3.63) is 0 Å². The van der Waals surface area contributed by atoms with Gasteiger partial charge in [-0.1, -0.05) is 6.42 Å². The van der Waals surface area contributed by atoms with Gasteiger partial charge in [-0.25, -0.2) is 0 Å². The van der Waals surface area contributed by atoms with Crippen LogP contribution in [0.1, 0.15) is 64.7 Å². The van der Waals surface area contributed by atoms with Crippen molar-refractivity contribution in [2.45, 2.75) is 88.4 Å². The summed E-state index contributed by atoms with van der Waals surface area (Å²) in [5.74, 6) is -1.42. The molecule has 1 heterocycles. The van der Waals surface area contributed by atoms with Crippen LogP contribution < -0.4 is 22.5 Å². The highest BCUT2D eigenvalue weighted by Gasteiger charge is 2.50. The quantitative estimate of drug-likeness (QED) is 0.121. The van der Waals surface area contributed by atoms with Gasteiger partial charge in [0.2, 0.25) is 11.8 Å². The molecule has 1 aliphatic rings. The molecule has 0 aromatic carbocycles. The monoisotopic (exact) mass is 441 g/mol. The number of nitrogens with one attached hydrogen (secondary N) is 1. The molecule has 10 nitrogen and oxygen atoms in total. The van der Waals surface area contributed by atoms with Crippen molar-refractivity contribution in [2.75, 3.05) is 19.6 Å². The van der Waals surface area contributed by atoms with Gasteiger partial charge in [-0.2, -0.15) is 0 Å². The normalized spacial score (nSPS) is 21.4. The molecule has 0 aliphatic carbocycles. The summed E-state index contributed by atoms with van der Waals surface area (Å²) >= 11 is 0. The lowest BCUT2D eigenvalue weighted by atomic mass is 9.88. The van der Waals surface area contributed by atoms with Crippen molar-refractivity contribution < 1.29 is 24.3 Å². The third-order valence-corrected chi connectivity index (χ3v) is 5.86. The van der Waals surface area contributed by atoms with Crippen LogP contribution in [0.3, 0.4) is 0 Å². The minimum Gasteiger partial charge on any atom is -0.391 e. The first-order chi connectivity index (χ1) is 14.7. The number of amides is 2. The Kier molecular flexibility index (Phi) is 11.8. The summed E-state index contributed by atoms with van der Waals surface area (Å²) in [4.78, 5) is 52.1.